The Morgan fingerprint density at radius 2 is 1.74 bits per heavy atom. The number of aromatic hydroxyl groups is 1. The maximum Gasteiger partial charge on any atom is 0.137 e. The second-order valence-corrected chi connectivity index (χ2v) is 9.03. The molecule has 0 aliphatic carbocycles. The SMILES string of the molecule is CCN1CCN(c2c(CN(CCOC)Cc3ccccc3O)c(C)nn2-c2ccc(F)cc2)CC1. The summed E-state index contributed by atoms with van der Waals surface area (Å²) in [6.45, 7) is 11.6. The quantitative estimate of drug-likeness (QED) is 0.475. The van der Waals surface area contributed by atoms with E-state index >= 15 is 0 Å². The number of hydrogen-bond donors (Lipinski definition) is 1. The molecule has 8 heteroatoms. The van der Waals surface area contributed by atoms with Gasteiger partial charge < -0.3 is 19.6 Å². The number of aryl methyl sites for hydroxylation is 1. The van der Waals surface area contributed by atoms with E-state index in [0.29, 0.717) is 25.4 Å². The molecule has 1 aromatic heterocycles. The average molecular weight is 482 g/mol. The molecule has 2 aromatic carbocycles. The number of anilines is 1. The van der Waals surface area contributed by atoms with Gasteiger partial charge in [0.25, 0.3) is 0 Å². The van der Waals surface area contributed by atoms with Gasteiger partial charge >= 0.3 is 0 Å². The highest BCUT2D eigenvalue weighted by Crippen LogP contribution is 2.30. The van der Waals surface area contributed by atoms with Gasteiger partial charge in [-0.3, -0.25) is 4.90 Å². The Kier molecular flexibility index (Phi) is 8.38. The molecular weight excluding hydrogens is 445 g/mol. The molecule has 1 fully saturated rings. The van der Waals surface area contributed by atoms with Crippen molar-refractivity contribution in [1.29, 1.82) is 0 Å². The number of benzene rings is 2. The molecule has 1 aliphatic heterocycles. The minimum absolute atomic E-state index is 0.260. The fraction of sp³-hybridized carbons (Fsp3) is 0.444. The molecule has 1 N–H and O–H groups in total. The van der Waals surface area contributed by atoms with Crippen molar-refractivity contribution in [3.05, 3.63) is 71.2 Å². The standard InChI is InChI=1S/C27H36FN5O2/c1-4-30-13-15-32(16-14-30)27-25(21(2)29-33(27)24-11-9-23(28)10-12-24)20-31(17-18-35-3)19-22-7-5-6-8-26(22)34/h5-12,34H,4,13-20H2,1-3H3. The molecule has 0 spiro atoms. The van der Waals surface area contributed by atoms with Gasteiger partial charge in [0, 0.05) is 64.0 Å². The highest BCUT2D eigenvalue weighted by molar-refractivity contribution is 5.56. The minimum atomic E-state index is -0.260. The van der Waals surface area contributed by atoms with E-state index in [4.69, 9.17) is 9.84 Å². The summed E-state index contributed by atoms with van der Waals surface area (Å²) in [5.74, 6) is 1.10. The van der Waals surface area contributed by atoms with Crippen LogP contribution in [-0.4, -0.2) is 77.7 Å². The lowest BCUT2D eigenvalue weighted by Crippen LogP contribution is -2.47. The number of aromatic nitrogens is 2. The summed E-state index contributed by atoms with van der Waals surface area (Å²) in [6, 6.07) is 14.0. The van der Waals surface area contributed by atoms with Crippen molar-refractivity contribution in [2.45, 2.75) is 26.9 Å². The fourth-order valence-electron chi connectivity index (χ4n) is 4.64. The van der Waals surface area contributed by atoms with Crippen LogP contribution in [0.5, 0.6) is 5.75 Å². The van der Waals surface area contributed by atoms with Crippen LogP contribution in [0.2, 0.25) is 0 Å². The summed E-state index contributed by atoms with van der Waals surface area (Å²) in [7, 11) is 1.70. The second-order valence-electron chi connectivity index (χ2n) is 9.03. The zero-order valence-electron chi connectivity index (χ0n) is 21.0. The van der Waals surface area contributed by atoms with Crippen molar-refractivity contribution in [1.82, 2.24) is 19.6 Å². The Balaban J connectivity index is 1.70. The van der Waals surface area contributed by atoms with Crippen molar-refractivity contribution in [2.24, 2.45) is 0 Å². The lowest BCUT2D eigenvalue weighted by atomic mass is 10.1. The lowest BCUT2D eigenvalue weighted by Gasteiger charge is -2.36. The second kappa shape index (κ2) is 11.7. The van der Waals surface area contributed by atoms with Crippen molar-refractivity contribution in [3.63, 3.8) is 0 Å². The van der Waals surface area contributed by atoms with E-state index in [2.05, 4.69) is 21.6 Å². The van der Waals surface area contributed by atoms with Crippen molar-refractivity contribution < 1.29 is 14.2 Å². The molecule has 4 rings (SSSR count). The Morgan fingerprint density at radius 3 is 2.40 bits per heavy atom. The lowest BCUT2D eigenvalue weighted by molar-refractivity contribution is 0.139. The van der Waals surface area contributed by atoms with Gasteiger partial charge in [-0.05, 0) is 43.8 Å². The van der Waals surface area contributed by atoms with Crippen molar-refractivity contribution in [3.8, 4) is 11.4 Å². The molecule has 0 unspecified atom stereocenters. The van der Waals surface area contributed by atoms with E-state index < -0.39 is 0 Å². The molecule has 7 nitrogen and oxygen atoms in total. The third kappa shape index (κ3) is 6.01. The van der Waals surface area contributed by atoms with Crippen LogP contribution in [0.15, 0.2) is 48.5 Å². The molecule has 0 amide bonds. The van der Waals surface area contributed by atoms with Crippen LogP contribution in [0.1, 0.15) is 23.7 Å². The van der Waals surface area contributed by atoms with Gasteiger partial charge in [0.15, 0.2) is 0 Å². The van der Waals surface area contributed by atoms with E-state index in [-0.39, 0.29) is 5.82 Å². The van der Waals surface area contributed by atoms with E-state index in [0.717, 1.165) is 67.6 Å². The first-order valence-corrected chi connectivity index (χ1v) is 12.3. The molecule has 0 bridgehead atoms. The number of rotatable bonds is 10. The summed E-state index contributed by atoms with van der Waals surface area (Å²) in [5.41, 5.74) is 3.82. The maximum atomic E-state index is 13.7. The number of para-hydroxylation sites is 1. The van der Waals surface area contributed by atoms with Crippen molar-refractivity contribution >= 4 is 5.82 Å². The van der Waals surface area contributed by atoms with Gasteiger partial charge in [0.2, 0.25) is 0 Å². The Labute approximate surface area is 207 Å². The zero-order chi connectivity index (χ0) is 24.8. The van der Waals surface area contributed by atoms with Gasteiger partial charge in [0.05, 0.1) is 18.0 Å². The smallest absolute Gasteiger partial charge is 0.137 e. The predicted molar refractivity (Wildman–Crippen MR) is 137 cm³/mol. The van der Waals surface area contributed by atoms with Gasteiger partial charge in [-0.2, -0.15) is 5.10 Å². The molecule has 35 heavy (non-hydrogen) atoms. The van der Waals surface area contributed by atoms with E-state index in [1.54, 1.807) is 25.3 Å². The number of hydrogen-bond acceptors (Lipinski definition) is 6. The van der Waals surface area contributed by atoms with Crippen LogP contribution < -0.4 is 4.90 Å². The third-order valence-electron chi connectivity index (χ3n) is 6.73. The summed E-state index contributed by atoms with van der Waals surface area (Å²) in [4.78, 5) is 7.13. The summed E-state index contributed by atoms with van der Waals surface area (Å²) in [6.07, 6.45) is 0. The third-order valence-corrected chi connectivity index (χ3v) is 6.73. The topological polar surface area (TPSA) is 57.0 Å². The number of phenols is 1. The number of ether oxygens (including phenoxy) is 1. The first kappa shape index (κ1) is 25.2. The number of piperazine rings is 1. The summed E-state index contributed by atoms with van der Waals surface area (Å²) in [5, 5.41) is 15.3. The number of methoxy groups -OCH3 is 1. The first-order valence-electron chi connectivity index (χ1n) is 12.3. The Morgan fingerprint density at radius 1 is 1.03 bits per heavy atom. The molecule has 2 heterocycles. The first-order chi connectivity index (χ1) is 17.0. The Bertz CT molecular complexity index is 1090. The Hall–Kier alpha value is -2.94. The summed E-state index contributed by atoms with van der Waals surface area (Å²) >= 11 is 0. The summed E-state index contributed by atoms with van der Waals surface area (Å²) < 4.78 is 21.0. The molecule has 1 aliphatic rings. The predicted octanol–water partition coefficient (Wildman–Crippen LogP) is 3.82. The van der Waals surface area contributed by atoms with Gasteiger partial charge in [-0.25, -0.2) is 9.07 Å². The van der Waals surface area contributed by atoms with E-state index in [9.17, 15) is 9.50 Å². The molecule has 1 saturated heterocycles. The van der Waals surface area contributed by atoms with Gasteiger partial charge in [0.1, 0.15) is 17.4 Å². The van der Waals surface area contributed by atoms with Crippen LogP contribution >= 0.6 is 0 Å². The van der Waals surface area contributed by atoms with Crippen LogP contribution in [-0.2, 0) is 17.8 Å². The maximum absolute atomic E-state index is 13.7. The van der Waals surface area contributed by atoms with Crippen LogP contribution in [0.4, 0.5) is 10.2 Å². The molecule has 3 aromatic rings. The van der Waals surface area contributed by atoms with Gasteiger partial charge in [-0.15, -0.1) is 0 Å². The minimum Gasteiger partial charge on any atom is -0.508 e. The van der Waals surface area contributed by atoms with Crippen LogP contribution in [0.25, 0.3) is 5.69 Å². The number of likely N-dealkylation sites (N-methyl/N-ethyl adjacent to an activating group) is 1. The van der Waals surface area contributed by atoms with Crippen LogP contribution in [0, 0.1) is 12.7 Å². The monoisotopic (exact) mass is 481 g/mol. The number of halogens is 1. The largest absolute Gasteiger partial charge is 0.508 e. The molecular formula is C27H36FN5O2. The number of phenolic OH excluding ortho intramolecular Hbond substituents is 1. The zero-order valence-corrected chi connectivity index (χ0v) is 21.0. The molecule has 188 valence electrons. The van der Waals surface area contributed by atoms with Gasteiger partial charge in [-0.1, -0.05) is 25.1 Å². The molecule has 0 atom stereocenters. The van der Waals surface area contributed by atoms with Crippen molar-refractivity contribution in [2.75, 3.05) is 57.9 Å². The fourth-order valence-corrected chi connectivity index (χ4v) is 4.64. The molecule has 0 saturated carbocycles. The number of nitrogens with zero attached hydrogens (tertiary/aromatic N) is 5. The molecule has 0 radical (unpaired) electrons. The average Bonchev–Trinajstić information content (AvgIpc) is 3.20. The van der Waals surface area contributed by atoms with E-state index in [1.807, 2.05) is 29.8 Å². The van der Waals surface area contributed by atoms with Crippen LogP contribution in [0.3, 0.4) is 0 Å². The highest BCUT2D eigenvalue weighted by atomic mass is 19.1. The normalized spacial score (nSPS) is 14.7. The van der Waals surface area contributed by atoms with E-state index in [1.165, 1.54) is 12.1 Å². The highest BCUT2D eigenvalue weighted by Gasteiger charge is 2.26.